The summed E-state index contributed by atoms with van der Waals surface area (Å²) in [5, 5.41) is 4.55. The molecule has 0 unspecified atom stereocenters. The Bertz CT molecular complexity index is 141. The molecule has 0 atom stereocenters. The fraction of sp³-hybridized carbons (Fsp3) is 0.833. The van der Waals surface area contributed by atoms with Gasteiger partial charge in [-0.3, -0.25) is 4.79 Å². The van der Waals surface area contributed by atoms with Crippen molar-refractivity contribution in [2.45, 2.75) is 6.92 Å². The van der Waals surface area contributed by atoms with Crippen molar-refractivity contribution in [2.24, 2.45) is 0 Å². The number of hydrogen-bond acceptors (Lipinski definition) is 5. The summed E-state index contributed by atoms with van der Waals surface area (Å²) in [6.07, 6.45) is 0. The van der Waals surface area contributed by atoms with Crippen LogP contribution in [0.1, 0.15) is 6.92 Å². The number of nitrogens with zero attached hydrogens (tertiary/aromatic N) is 3. The normalized spacial score (nSPS) is 10.9. The van der Waals surface area contributed by atoms with Gasteiger partial charge in [0.25, 0.3) is 5.91 Å². The van der Waals surface area contributed by atoms with E-state index in [1.54, 1.807) is 38.4 Å². The lowest BCUT2D eigenvalue weighted by Gasteiger charge is -2.35. The number of carbonyl (C=O) groups is 1. The standard InChI is InChI=1S/C6H17N5O/c1-6(12)11(9(4)7-2)10(5)8-3/h7-8H,1-5H3. The molecule has 0 bridgehead atoms. The van der Waals surface area contributed by atoms with Crippen molar-refractivity contribution in [1.82, 2.24) is 26.2 Å². The van der Waals surface area contributed by atoms with Gasteiger partial charge in [0, 0.05) is 35.1 Å². The Morgan fingerprint density at radius 1 is 1.08 bits per heavy atom. The van der Waals surface area contributed by atoms with Crippen molar-refractivity contribution < 1.29 is 4.79 Å². The Labute approximate surface area is 73.0 Å². The smallest absolute Gasteiger partial charge is 0.251 e. The van der Waals surface area contributed by atoms with E-state index in [1.807, 2.05) is 0 Å². The van der Waals surface area contributed by atoms with Crippen molar-refractivity contribution in [3.63, 3.8) is 0 Å². The third-order valence-electron chi connectivity index (χ3n) is 1.50. The topological polar surface area (TPSA) is 50.9 Å². The van der Waals surface area contributed by atoms with Gasteiger partial charge in [-0.05, 0) is 0 Å². The highest BCUT2D eigenvalue weighted by Gasteiger charge is 2.16. The molecule has 6 nitrogen and oxygen atoms in total. The van der Waals surface area contributed by atoms with Crippen LogP contribution in [0.4, 0.5) is 0 Å². The molecule has 0 saturated carbocycles. The first-order valence-corrected chi connectivity index (χ1v) is 3.67. The van der Waals surface area contributed by atoms with Crippen LogP contribution in [0.15, 0.2) is 0 Å². The van der Waals surface area contributed by atoms with Gasteiger partial charge in [0.15, 0.2) is 0 Å². The molecule has 0 aliphatic carbocycles. The van der Waals surface area contributed by atoms with Crippen molar-refractivity contribution >= 4 is 5.91 Å². The lowest BCUT2D eigenvalue weighted by molar-refractivity contribution is -0.207. The first-order chi connectivity index (χ1) is 5.54. The van der Waals surface area contributed by atoms with E-state index in [9.17, 15) is 4.79 Å². The molecule has 0 aliphatic heterocycles. The first kappa shape index (κ1) is 11.3. The van der Waals surface area contributed by atoms with E-state index in [2.05, 4.69) is 10.9 Å². The molecule has 2 N–H and O–H groups in total. The quantitative estimate of drug-likeness (QED) is 0.525. The highest BCUT2D eigenvalue weighted by atomic mass is 16.2. The van der Waals surface area contributed by atoms with Crippen LogP contribution >= 0.6 is 0 Å². The van der Waals surface area contributed by atoms with Crippen molar-refractivity contribution in [3.05, 3.63) is 0 Å². The average Bonchev–Trinajstić information content (AvgIpc) is 2.03. The maximum absolute atomic E-state index is 11.1. The van der Waals surface area contributed by atoms with E-state index in [4.69, 9.17) is 0 Å². The minimum Gasteiger partial charge on any atom is -0.272 e. The van der Waals surface area contributed by atoms with Crippen LogP contribution in [0.3, 0.4) is 0 Å². The largest absolute Gasteiger partial charge is 0.272 e. The fourth-order valence-corrected chi connectivity index (χ4v) is 0.813. The molecule has 0 rings (SSSR count). The van der Waals surface area contributed by atoms with Gasteiger partial charge in [-0.25, -0.2) is 10.9 Å². The number of carbonyl (C=O) groups excluding carboxylic acids is 1. The highest BCUT2D eigenvalue weighted by molar-refractivity contribution is 5.71. The minimum absolute atomic E-state index is 0.0799. The van der Waals surface area contributed by atoms with Gasteiger partial charge >= 0.3 is 0 Å². The number of hydrogen-bond donors (Lipinski definition) is 2. The second kappa shape index (κ2) is 5.04. The molecule has 0 aliphatic rings. The number of hydrazine groups is 4. The first-order valence-electron chi connectivity index (χ1n) is 3.67. The monoisotopic (exact) mass is 175 g/mol. The molecule has 0 radical (unpaired) electrons. The van der Waals surface area contributed by atoms with Gasteiger partial charge in [-0.15, -0.1) is 10.2 Å². The summed E-state index contributed by atoms with van der Waals surface area (Å²) < 4.78 is 0. The maximum atomic E-state index is 11.1. The number of amides is 1. The summed E-state index contributed by atoms with van der Waals surface area (Å²) in [5.41, 5.74) is 5.64. The van der Waals surface area contributed by atoms with Crippen LogP contribution in [-0.4, -0.2) is 49.5 Å². The van der Waals surface area contributed by atoms with Gasteiger partial charge in [0.05, 0.1) is 0 Å². The summed E-state index contributed by atoms with van der Waals surface area (Å²) in [7, 11) is 6.96. The summed E-state index contributed by atoms with van der Waals surface area (Å²) in [5.74, 6) is -0.0799. The van der Waals surface area contributed by atoms with Crippen LogP contribution in [0, 0.1) is 0 Å². The predicted octanol–water partition coefficient (Wildman–Crippen LogP) is -1.20. The van der Waals surface area contributed by atoms with Crippen molar-refractivity contribution in [2.75, 3.05) is 28.2 Å². The lowest BCUT2D eigenvalue weighted by atomic mass is 10.7. The van der Waals surface area contributed by atoms with Gasteiger partial charge in [-0.2, -0.15) is 5.12 Å². The molecular weight excluding hydrogens is 158 g/mol. The van der Waals surface area contributed by atoms with E-state index in [0.717, 1.165) is 0 Å². The molecule has 0 fully saturated rings. The van der Waals surface area contributed by atoms with Crippen LogP contribution in [0.5, 0.6) is 0 Å². The third kappa shape index (κ3) is 2.74. The zero-order valence-electron chi connectivity index (χ0n) is 8.25. The molecule has 0 heterocycles. The highest BCUT2D eigenvalue weighted by Crippen LogP contribution is 1.93. The lowest BCUT2D eigenvalue weighted by Crippen LogP contribution is -2.59. The SMILES string of the molecule is CNN(C)N(C(C)=O)N(C)NC. The number of rotatable bonds is 4. The van der Waals surface area contributed by atoms with Gasteiger partial charge in [-0.1, -0.05) is 0 Å². The molecule has 1 amide bonds. The van der Waals surface area contributed by atoms with Gasteiger partial charge in [0.2, 0.25) is 0 Å². The number of nitrogens with one attached hydrogen (secondary N) is 2. The Morgan fingerprint density at radius 2 is 1.42 bits per heavy atom. The Hall–Kier alpha value is -0.690. The molecule has 12 heavy (non-hydrogen) atoms. The molecule has 0 aromatic rings. The van der Waals surface area contributed by atoms with Crippen LogP contribution in [-0.2, 0) is 4.79 Å². The van der Waals surface area contributed by atoms with E-state index < -0.39 is 0 Å². The molecule has 0 spiro atoms. The second-order valence-electron chi connectivity index (χ2n) is 2.30. The summed E-state index contributed by atoms with van der Waals surface area (Å²) in [6.45, 7) is 1.49. The molecule has 0 aromatic carbocycles. The van der Waals surface area contributed by atoms with E-state index in [0.29, 0.717) is 0 Å². The van der Waals surface area contributed by atoms with Crippen molar-refractivity contribution in [3.8, 4) is 0 Å². The average molecular weight is 175 g/mol. The van der Waals surface area contributed by atoms with Crippen LogP contribution in [0.25, 0.3) is 0 Å². The zero-order valence-corrected chi connectivity index (χ0v) is 8.25. The molecular formula is C6H17N5O. The summed E-state index contributed by atoms with van der Waals surface area (Å²) in [6, 6.07) is 0. The van der Waals surface area contributed by atoms with Crippen LogP contribution < -0.4 is 10.9 Å². The van der Waals surface area contributed by atoms with Gasteiger partial charge in [0.1, 0.15) is 0 Å². The second-order valence-corrected chi connectivity index (χ2v) is 2.30. The van der Waals surface area contributed by atoms with Crippen molar-refractivity contribution in [1.29, 1.82) is 0 Å². The van der Waals surface area contributed by atoms with Gasteiger partial charge < -0.3 is 0 Å². The fourth-order valence-electron chi connectivity index (χ4n) is 0.813. The molecule has 0 saturated heterocycles. The molecule has 72 valence electrons. The zero-order chi connectivity index (χ0) is 9.72. The Balaban J connectivity index is 4.32. The third-order valence-corrected chi connectivity index (χ3v) is 1.50. The predicted molar refractivity (Wildman–Crippen MR) is 46.2 cm³/mol. The van der Waals surface area contributed by atoms with E-state index in [-0.39, 0.29) is 5.91 Å². The minimum atomic E-state index is -0.0799. The summed E-state index contributed by atoms with van der Waals surface area (Å²) >= 11 is 0. The Morgan fingerprint density at radius 3 is 1.58 bits per heavy atom. The maximum Gasteiger partial charge on any atom is 0.251 e. The Kier molecular flexibility index (Phi) is 4.75. The summed E-state index contributed by atoms with van der Waals surface area (Å²) in [4.78, 5) is 11.1. The van der Waals surface area contributed by atoms with E-state index in [1.165, 1.54) is 12.0 Å². The molecule has 0 aromatic heterocycles. The van der Waals surface area contributed by atoms with E-state index >= 15 is 0 Å². The van der Waals surface area contributed by atoms with Crippen LogP contribution in [0.2, 0.25) is 0 Å². The molecule has 6 heteroatoms.